The molecule has 6 heteroatoms. The number of hydroxylamine groups is 1. The zero-order chi connectivity index (χ0) is 18.1. The van der Waals surface area contributed by atoms with Crippen molar-refractivity contribution in [2.75, 3.05) is 19.6 Å². The zero-order valence-electron chi connectivity index (χ0n) is 15.1. The number of nitrogens with zero attached hydrogens (tertiary/aromatic N) is 3. The molecule has 1 amide bonds. The van der Waals surface area contributed by atoms with E-state index in [-0.39, 0.29) is 0 Å². The van der Waals surface area contributed by atoms with Crippen LogP contribution in [0.15, 0.2) is 30.6 Å². The summed E-state index contributed by atoms with van der Waals surface area (Å²) in [6, 6.07) is 5.90. The molecule has 2 rings (SSSR count). The standard InChI is InChI=1S/C19H28N4O2/c1-3-5-6-11-22(4-2)12-13-23-15-20-17-14-16(7-9-18(17)23)8-10-19(24)21-25/h7-10,14-15,25H,3-6,11-13H2,1-2H3,(H,21,24). The average Bonchev–Trinajstić information content (AvgIpc) is 3.04. The van der Waals surface area contributed by atoms with Crippen molar-refractivity contribution in [3.05, 3.63) is 36.2 Å². The quantitative estimate of drug-likeness (QED) is 0.301. The number of carbonyl (C=O) groups excluding carboxylic acids is 1. The van der Waals surface area contributed by atoms with E-state index in [2.05, 4.69) is 28.3 Å². The summed E-state index contributed by atoms with van der Waals surface area (Å²) in [5.74, 6) is -0.548. The number of hydrogen-bond acceptors (Lipinski definition) is 4. The third-order valence-electron chi connectivity index (χ3n) is 4.36. The molecule has 2 aromatic rings. The van der Waals surface area contributed by atoms with Gasteiger partial charge in [0.25, 0.3) is 5.91 Å². The number of amides is 1. The van der Waals surface area contributed by atoms with Crippen LogP contribution in [-0.4, -0.2) is 45.2 Å². The lowest BCUT2D eigenvalue weighted by molar-refractivity contribution is -0.124. The van der Waals surface area contributed by atoms with Gasteiger partial charge in [0.2, 0.25) is 0 Å². The Kier molecular flexibility index (Phi) is 7.63. The summed E-state index contributed by atoms with van der Waals surface area (Å²) in [4.78, 5) is 18.0. The summed E-state index contributed by atoms with van der Waals surface area (Å²) in [6.07, 6.45) is 8.60. The Labute approximate surface area is 149 Å². The summed E-state index contributed by atoms with van der Waals surface area (Å²) >= 11 is 0. The molecule has 136 valence electrons. The van der Waals surface area contributed by atoms with Crippen molar-refractivity contribution in [1.82, 2.24) is 19.9 Å². The number of benzene rings is 1. The number of carbonyl (C=O) groups is 1. The summed E-state index contributed by atoms with van der Waals surface area (Å²) in [6.45, 7) is 8.59. The van der Waals surface area contributed by atoms with Crippen molar-refractivity contribution in [2.24, 2.45) is 0 Å². The van der Waals surface area contributed by atoms with Crippen molar-refractivity contribution in [2.45, 2.75) is 39.7 Å². The first-order valence-corrected chi connectivity index (χ1v) is 8.97. The van der Waals surface area contributed by atoms with Crippen LogP contribution in [0.25, 0.3) is 17.1 Å². The zero-order valence-corrected chi connectivity index (χ0v) is 15.1. The van der Waals surface area contributed by atoms with E-state index in [1.54, 1.807) is 11.6 Å². The van der Waals surface area contributed by atoms with Crippen LogP contribution < -0.4 is 5.48 Å². The third kappa shape index (κ3) is 5.69. The van der Waals surface area contributed by atoms with E-state index in [1.165, 1.54) is 25.3 Å². The lowest BCUT2D eigenvalue weighted by Gasteiger charge is -2.20. The second kappa shape index (κ2) is 9.96. The average molecular weight is 344 g/mol. The smallest absolute Gasteiger partial charge is 0.267 e. The first-order valence-electron chi connectivity index (χ1n) is 8.97. The Balaban J connectivity index is 2.00. The Morgan fingerprint density at radius 2 is 2.16 bits per heavy atom. The second-order valence-corrected chi connectivity index (χ2v) is 6.14. The molecule has 0 aliphatic rings. The van der Waals surface area contributed by atoms with E-state index in [1.807, 2.05) is 24.5 Å². The maximum atomic E-state index is 11.1. The van der Waals surface area contributed by atoms with E-state index in [9.17, 15) is 4.79 Å². The van der Waals surface area contributed by atoms with E-state index >= 15 is 0 Å². The van der Waals surface area contributed by atoms with E-state index in [0.717, 1.165) is 42.8 Å². The number of likely N-dealkylation sites (N-methyl/N-ethyl adjacent to an activating group) is 1. The van der Waals surface area contributed by atoms with Gasteiger partial charge in [-0.05, 0) is 43.3 Å². The van der Waals surface area contributed by atoms with Crippen LogP contribution in [0, 0.1) is 0 Å². The summed E-state index contributed by atoms with van der Waals surface area (Å²) < 4.78 is 2.17. The first kappa shape index (κ1) is 19.1. The summed E-state index contributed by atoms with van der Waals surface area (Å²) in [5, 5.41) is 8.51. The number of hydrogen-bond donors (Lipinski definition) is 2. The second-order valence-electron chi connectivity index (χ2n) is 6.14. The van der Waals surface area contributed by atoms with Crippen molar-refractivity contribution < 1.29 is 10.0 Å². The minimum Gasteiger partial charge on any atom is -0.329 e. The maximum absolute atomic E-state index is 11.1. The highest BCUT2D eigenvalue weighted by molar-refractivity contribution is 5.91. The molecule has 1 aromatic heterocycles. The van der Waals surface area contributed by atoms with Gasteiger partial charge in [-0.1, -0.05) is 32.8 Å². The van der Waals surface area contributed by atoms with Gasteiger partial charge < -0.3 is 9.47 Å². The number of imidazole rings is 1. The van der Waals surface area contributed by atoms with Crippen molar-refractivity contribution in [3.8, 4) is 0 Å². The topological polar surface area (TPSA) is 70.4 Å². The minimum atomic E-state index is -0.548. The van der Waals surface area contributed by atoms with E-state index < -0.39 is 5.91 Å². The molecule has 6 nitrogen and oxygen atoms in total. The molecular weight excluding hydrogens is 316 g/mol. The summed E-state index contributed by atoms with van der Waals surface area (Å²) in [5.41, 5.74) is 4.44. The van der Waals surface area contributed by atoms with Gasteiger partial charge in [-0.2, -0.15) is 0 Å². The molecular formula is C19H28N4O2. The molecule has 0 unspecified atom stereocenters. The molecule has 0 bridgehead atoms. The predicted molar refractivity (Wildman–Crippen MR) is 100 cm³/mol. The van der Waals surface area contributed by atoms with Crippen molar-refractivity contribution in [1.29, 1.82) is 0 Å². The van der Waals surface area contributed by atoms with Crippen molar-refractivity contribution >= 4 is 23.0 Å². The highest BCUT2D eigenvalue weighted by atomic mass is 16.5. The molecule has 0 radical (unpaired) electrons. The maximum Gasteiger partial charge on any atom is 0.267 e. The van der Waals surface area contributed by atoms with Crippen LogP contribution in [-0.2, 0) is 11.3 Å². The lowest BCUT2D eigenvalue weighted by atomic mass is 10.2. The monoisotopic (exact) mass is 344 g/mol. The van der Waals surface area contributed by atoms with Gasteiger partial charge in [-0.3, -0.25) is 10.0 Å². The SMILES string of the molecule is CCCCCN(CC)CCn1cnc2cc(C=CC(=O)NO)ccc21. The Bertz CT molecular complexity index is 709. The van der Waals surface area contributed by atoms with Crippen LogP contribution in [0.2, 0.25) is 0 Å². The number of fused-ring (bicyclic) bond motifs is 1. The Hall–Kier alpha value is -2.18. The molecule has 1 heterocycles. The van der Waals surface area contributed by atoms with Gasteiger partial charge in [0.15, 0.2) is 0 Å². The van der Waals surface area contributed by atoms with Crippen LogP contribution in [0.1, 0.15) is 38.7 Å². The van der Waals surface area contributed by atoms with Gasteiger partial charge >= 0.3 is 0 Å². The fourth-order valence-electron chi connectivity index (χ4n) is 2.83. The largest absolute Gasteiger partial charge is 0.329 e. The van der Waals surface area contributed by atoms with Gasteiger partial charge in [0.1, 0.15) is 0 Å². The van der Waals surface area contributed by atoms with Crippen LogP contribution in [0.3, 0.4) is 0 Å². The van der Waals surface area contributed by atoms with Gasteiger partial charge in [-0.15, -0.1) is 0 Å². The Morgan fingerprint density at radius 3 is 2.88 bits per heavy atom. The molecule has 1 aromatic carbocycles. The van der Waals surface area contributed by atoms with Crippen LogP contribution in [0.5, 0.6) is 0 Å². The molecule has 0 saturated heterocycles. The third-order valence-corrected chi connectivity index (χ3v) is 4.36. The number of unbranched alkanes of at least 4 members (excludes halogenated alkanes) is 2. The molecule has 0 saturated carbocycles. The highest BCUT2D eigenvalue weighted by Crippen LogP contribution is 2.16. The van der Waals surface area contributed by atoms with Gasteiger partial charge in [0, 0.05) is 19.2 Å². The van der Waals surface area contributed by atoms with Gasteiger partial charge in [0.05, 0.1) is 17.4 Å². The van der Waals surface area contributed by atoms with Crippen LogP contribution >= 0.6 is 0 Å². The Morgan fingerprint density at radius 1 is 1.32 bits per heavy atom. The van der Waals surface area contributed by atoms with E-state index in [0.29, 0.717) is 0 Å². The molecule has 2 N–H and O–H groups in total. The van der Waals surface area contributed by atoms with E-state index in [4.69, 9.17) is 5.21 Å². The molecule has 0 spiro atoms. The minimum absolute atomic E-state index is 0.548. The number of aromatic nitrogens is 2. The van der Waals surface area contributed by atoms with Crippen molar-refractivity contribution in [3.63, 3.8) is 0 Å². The molecule has 0 aliphatic carbocycles. The normalized spacial score (nSPS) is 11.7. The fourth-order valence-corrected chi connectivity index (χ4v) is 2.83. The highest BCUT2D eigenvalue weighted by Gasteiger charge is 2.06. The molecule has 0 fully saturated rings. The van der Waals surface area contributed by atoms with Crippen LogP contribution in [0.4, 0.5) is 0 Å². The summed E-state index contributed by atoms with van der Waals surface area (Å²) in [7, 11) is 0. The van der Waals surface area contributed by atoms with Gasteiger partial charge in [-0.25, -0.2) is 10.5 Å². The fraction of sp³-hybridized carbons (Fsp3) is 0.474. The first-order chi connectivity index (χ1) is 12.2. The molecule has 0 aliphatic heterocycles. The predicted octanol–water partition coefficient (Wildman–Crippen LogP) is 3.07. The number of rotatable bonds is 10. The molecule has 25 heavy (non-hydrogen) atoms. The number of nitrogens with one attached hydrogen (secondary N) is 1. The molecule has 0 atom stereocenters. The lowest BCUT2D eigenvalue weighted by Crippen LogP contribution is -2.28.